The zero-order valence-electron chi connectivity index (χ0n) is 39.5. The number of anilines is 6. The van der Waals surface area contributed by atoms with Gasteiger partial charge in [-0.15, -0.1) is 0 Å². The fourth-order valence-electron chi connectivity index (χ4n) is 9.65. The van der Waals surface area contributed by atoms with Gasteiger partial charge < -0.3 is 9.80 Å². The van der Waals surface area contributed by atoms with Crippen LogP contribution in [0.4, 0.5) is 34.1 Å². The van der Waals surface area contributed by atoms with E-state index in [0.717, 1.165) is 89.8 Å². The first-order valence-electron chi connectivity index (χ1n) is 24.1. The molecule has 0 aliphatic heterocycles. The van der Waals surface area contributed by atoms with Gasteiger partial charge in [-0.3, -0.25) is 0 Å². The summed E-state index contributed by atoms with van der Waals surface area (Å²) in [5.74, 6) is 0. The molecule has 0 atom stereocenters. The largest absolute Gasteiger partial charge is 0.309 e. The molecule has 0 unspecified atom stereocenters. The van der Waals surface area contributed by atoms with E-state index >= 15 is 0 Å². The monoisotopic (exact) mass is 896 g/mol. The Kier molecular flexibility index (Phi) is 12.3. The van der Waals surface area contributed by atoms with Crippen molar-refractivity contribution < 1.29 is 0 Å². The SMILES string of the molecule is Cc1ccc(N(c2ccc(N(c3ccc(C)cc3)c3c(-c4ccccc4)cc(-c4ccccc4)cc3-c3ccccc3)cc2)c2c(-c3ccccc3)cc(-c3ccccc3)cc2-c2ccccc2)cc1. The van der Waals surface area contributed by atoms with Crippen LogP contribution in [-0.2, 0) is 0 Å². The summed E-state index contributed by atoms with van der Waals surface area (Å²) in [6.45, 7) is 4.31. The minimum absolute atomic E-state index is 1.05. The van der Waals surface area contributed by atoms with Crippen molar-refractivity contribution in [1.29, 1.82) is 0 Å². The van der Waals surface area contributed by atoms with Gasteiger partial charge in [0, 0.05) is 45.0 Å². The van der Waals surface area contributed by atoms with Crippen molar-refractivity contribution >= 4 is 34.1 Å². The summed E-state index contributed by atoms with van der Waals surface area (Å²) >= 11 is 0. The first kappa shape index (κ1) is 43.6. The third-order valence-electron chi connectivity index (χ3n) is 13.2. The molecule has 0 saturated heterocycles. The highest BCUT2D eigenvalue weighted by Crippen LogP contribution is 2.52. The summed E-state index contributed by atoms with van der Waals surface area (Å²) in [6, 6.07) is 101. The molecule has 0 bridgehead atoms. The summed E-state index contributed by atoms with van der Waals surface area (Å²) in [5.41, 5.74) is 22.7. The lowest BCUT2D eigenvalue weighted by atomic mass is 9.89. The highest BCUT2D eigenvalue weighted by atomic mass is 15.2. The lowest BCUT2D eigenvalue weighted by Crippen LogP contribution is -2.15. The van der Waals surface area contributed by atoms with Crippen LogP contribution in [0.1, 0.15) is 11.1 Å². The number of nitrogens with zero attached hydrogens (tertiary/aromatic N) is 2. The Morgan fingerprint density at radius 3 is 0.629 bits per heavy atom. The summed E-state index contributed by atoms with van der Waals surface area (Å²) in [5, 5.41) is 0. The maximum atomic E-state index is 2.46. The molecular formula is C68H52N2. The number of hydrogen-bond acceptors (Lipinski definition) is 2. The van der Waals surface area contributed by atoms with Crippen molar-refractivity contribution in [3.8, 4) is 66.8 Å². The molecule has 0 radical (unpaired) electrons. The summed E-state index contributed by atoms with van der Waals surface area (Å²) in [6.07, 6.45) is 0. The van der Waals surface area contributed by atoms with Gasteiger partial charge in [0.15, 0.2) is 0 Å². The van der Waals surface area contributed by atoms with Crippen molar-refractivity contribution in [2.45, 2.75) is 13.8 Å². The summed E-state index contributed by atoms with van der Waals surface area (Å²) in [4.78, 5) is 4.91. The second-order valence-electron chi connectivity index (χ2n) is 17.9. The van der Waals surface area contributed by atoms with Gasteiger partial charge in [0.05, 0.1) is 11.4 Å². The maximum absolute atomic E-state index is 2.46. The van der Waals surface area contributed by atoms with Gasteiger partial charge in [0.2, 0.25) is 0 Å². The Labute approximate surface area is 412 Å². The molecule has 11 rings (SSSR count). The molecule has 2 heteroatoms. The fraction of sp³-hybridized carbons (Fsp3) is 0.0294. The lowest BCUT2D eigenvalue weighted by molar-refractivity contribution is 1.25. The number of rotatable bonds is 12. The van der Waals surface area contributed by atoms with Gasteiger partial charge in [-0.25, -0.2) is 0 Å². The van der Waals surface area contributed by atoms with E-state index in [1.165, 1.54) is 22.3 Å². The van der Waals surface area contributed by atoms with E-state index in [0.29, 0.717) is 0 Å². The Hall–Kier alpha value is -8.98. The van der Waals surface area contributed by atoms with E-state index < -0.39 is 0 Å². The van der Waals surface area contributed by atoms with Crippen LogP contribution >= 0.6 is 0 Å². The molecule has 0 saturated carbocycles. The molecule has 70 heavy (non-hydrogen) atoms. The molecule has 0 aliphatic rings. The average Bonchev–Trinajstić information content (AvgIpc) is 3.44. The highest BCUT2D eigenvalue weighted by molar-refractivity contribution is 6.02. The smallest absolute Gasteiger partial charge is 0.0618 e. The zero-order valence-corrected chi connectivity index (χ0v) is 39.5. The van der Waals surface area contributed by atoms with Crippen LogP contribution in [0.2, 0.25) is 0 Å². The molecule has 0 aliphatic carbocycles. The minimum atomic E-state index is 1.05. The average molecular weight is 897 g/mol. The highest BCUT2D eigenvalue weighted by Gasteiger charge is 2.26. The molecule has 0 amide bonds. The van der Waals surface area contributed by atoms with Gasteiger partial charge in [0.25, 0.3) is 0 Å². The van der Waals surface area contributed by atoms with E-state index in [1.54, 1.807) is 0 Å². The van der Waals surface area contributed by atoms with E-state index in [2.05, 4.69) is 303 Å². The number of benzene rings is 11. The molecule has 11 aromatic rings. The van der Waals surface area contributed by atoms with Gasteiger partial charge in [-0.1, -0.05) is 217 Å². The predicted molar refractivity (Wildman–Crippen MR) is 298 cm³/mol. The van der Waals surface area contributed by atoms with Crippen molar-refractivity contribution in [3.63, 3.8) is 0 Å². The Morgan fingerprint density at radius 1 is 0.200 bits per heavy atom. The molecular weight excluding hydrogens is 845 g/mol. The number of hydrogen-bond donors (Lipinski definition) is 0. The molecule has 0 N–H and O–H groups in total. The normalized spacial score (nSPS) is 11.0. The first-order chi connectivity index (χ1) is 34.6. The van der Waals surface area contributed by atoms with E-state index in [4.69, 9.17) is 0 Å². The Bertz CT molecular complexity index is 3120. The van der Waals surface area contributed by atoms with E-state index in [-0.39, 0.29) is 0 Å². The summed E-state index contributed by atoms with van der Waals surface area (Å²) in [7, 11) is 0. The molecule has 2 nitrogen and oxygen atoms in total. The molecule has 0 aromatic heterocycles. The van der Waals surface area contributed by atoms with Crippen molar-refractivity contribution in [3.05, 3.63) is 290 Å². The van der Waals surface area contributed by atoms with E-state index in [1.807, 2.05) is 0 Å². The molecule has 0 spiro atoms. The molecule has 11 aromatic carbocycles. The first-order valence-corrected chi connectivity index (χ1v) is 24.1. The van der Waals surface area contributed by atoms with Crippen molar-refractivity contribution in [1.82, 2.24) is 0 Å². The maximum Gasteiger partial charge on any atom is 0.0618 e. The van der Waals surface area contributed by atoms with Crippen LogP contribution < -0.4 is 9.80 Å². The van der Waals surface area contributed by atoms with E-state index in [9.17, 15) is 0 Å². The van der Waals surface area contributed by atoms with Crippen molar-refractivity contribution in [2.75, 3.05) is 9.80 Å². The third kappa shape index (κ3) is 8.95. The standard InChI is InChI=1S/C68H52N2/c1-49-33-37-59(38-34-49)69(67-63(53-25-13-5-14-26-53)45-57(51-21-9-3-10-22-51)46-64(67)54-27-15-6-16-28-54)61-41-43-62(44-42-61)70(60-39-35-50(2)36-40-60)68-65(55-29-17-7-18-30-55)47-58(52-23-11-4-12-24-52)48-66(68)56-31-19-8-20-32-56/h3-48H,1-2H3. The minimum Gasteiger partial charge on any atom is -0.309 e. The Balaban J connectivity index is 1.17. The van der Waals surface area contributed by atoms with Crippen molar-refractivity contribution in [2.24, 2.45) is 0 Å². The molecule has 334 valence electrons. The van der Waals surface area contributed by atoms with Crippen LogP contribution in [0, 0.1) is 13.8 Å². The van der Waals surface area contributed by atoms with Gasteiger partial charge in [-0.2, -0.15) is 0 Å². The summed E-state index contributed by atoms with van der Waals surface area (Å²) < 4.78 is 0. The lowest BCUT2D eigenvalue weighted by Gasteiger charge is -2.33. The van der Waals surface area contributed by atoms with Crippen LogP contribution in [0.25, 0.3) is 66.8 Å². The predicted octanol–water partition coefficient (Wildman–Crippen LogP) is 19.2. The van der Waals surface area contributed by atoms with Gasteiger partial charge >= 0.3 is 0 Å². The quantitative estimate of drug-likeness (QED) is 0.121. The van der Waals surface area contributed by atoms with Crippen LogP contribution in [0.15, 0.2) is 279 Å². The van der Waals surface area contributed by atoms with Crippen LogP contribution in [0.3, 0.4) is 0 Å². The third-order valence-corrected chi connectivity index (χ3v) is 13.2. The van der Waals surface area contributed by atoms with Crippen LogP contribution in [0.5, 0.6) is 0 Å². The molecule has 0 heterocycles. The Morgan fingerprint density at radius 2 is 0.400 bits per heavy atom. The van der Waals surface area contributed by atoms with Gasteiger partial charge in [-0.05, 0) is 131 Å². The molecule has 0 fully saturated rings. The van der Waals surface area contributed by atoms with Gasteiger partial charge in [0.1, 0.15) is 0 Å². The zero-order chi connectivity index (χ0) is 47.2. The topological polar surface area (TPSA) is 6.48 Å². The van der Waals surface area contributed by atoms with Crippen LogP contribution in [-0.4, -0.2) is 0 Å². The number of aryl methyl sites for hydroxylation is 2. The second-order valence-corrected chi connectivity index (χ2v) is 17.9. The fourth-order valence-corrected chi connectivity index (χ4v) is 9.65. The second kappa shape index (κ2) is 19.7.